The third-order valence-electron chi connectivity index (χ3n) is 0.394. The maximum Gasteiger partial charge on any atom is 0.309 e. The lowest BCUT2D eigenvalue weighted by Crippen LogP contribution is -1.99. The Morgan fingerprint density at radius 1 is 1.86 bits per heavy atom. The van der Waals surface area contributed by atoms with E-state index in [1.165, 1.54) is 7.11 Å². The summed E-state index contributed by atoms with van der Waals surface area (Å²) in [5.41, 5.74) is 0. The Balaban J connectivity index is 0. The van der Waals surface area contributed by atoms with Crippen molar-refractivity contribution < 1.29 is 9.53 Å². The van der Waals surface area contributed by atoms with Crippen LogP contribution in [-0.2, 0) is 9.53 Å². The predicted octanol–water partition coefficient (Wildman–Crippen LogP) is 0.612. The first-order valence-electron chi connectivity index (χ1n) is 1.58. The van der Waals surface area contributed by atoms with Crippen LogP contribution in [0.3, 0.4) is 0 Å². The van der Waals surface area contributed by atoms with Gasteiger partial charge >= 0.3 is 5.97 Å². The Morgan fingerprint density at radius 2 is 2.29 bits per heavy atom. The second-order valence-corrected chi connectivity index (χ2v) is 1.19. The van der Waals surface area contributed by atoms with Gasteiger partial charge in [0.1, 0.15) is 0 Å². The molecule has 44 valence electrons. The third-order valence-corrected chi connectivity index (χ3v) is 0.728. The van der Waals surface area contributed by atoms with Crippen molar-refractivity contribution in [2.24, 2.45) is 0 Å². The number of rotatable bonds is 1. The minimum absolute atomic E-state index is 0. The van der Waals surface area contributed by atoms with Crippen molar-refractivity contribution in [3.05, 3.63) is 0 Å². The highest BCUT2D eigenvalue weighted by Crippen LogP contribution is 1.80. The fourth-order valence-electron chi connectivity index (χ4n) is 0.0833. The van der Waals surface area contributed by atoms with Crippen LogP contribution in [0.1, 0.15) is 0 Å². The molecular formula is C3H8BrO2P. The minimum atomic E-state index is -0.194. The highest BCUT2D eigenvalue weighted by Gasteiger charge is 1.87. The third kappa shape index (κ3) is 6.38. The van der Waals surface area contributed by atoms with E-state index in [9.17, 15) is 4.79 Å². The van der Waals surface area contributed by atoms with Crippen LogP contribution in [0.5, 0.6) is 0 Å². The second kappa shape index (κ2) is 6.38. The normalized spacial score (nSPS) is 6.57. The SMILES string of the molecule is Br.COC(=O)CP. The summed E-state index contributed by atoms with van der Waals surface area (Å²) in [5, 5.41) is 0. The van der Waals surface area contributed by atoms with Gasteiger partial charge in [-0.1, -0.05) is 0 Å². The number of carbonyl (C=O) groups is 1. The first-order valence-corrected chi connectivity index (χ1v) is 2.39. The van der Waals surface area contributed by atoms with E-state index in [4.69, 9.17) is 0 Å². The van der Waals surface area contributed by atoms with Crippen molar-refractivity contribution >= 4 is 32.2 Å². The summed E-state index contributed by atoms with van der Waals surface area (Å²) >= 11 is 0. The largest absolute Gasteiger partial charge is 0.469 e. The molecule has 0 heterocycles. The van der Waals surface area contributed by atoms with Crippen LogP contribution in [0.2, 0.25) is 0 Å². The molecule has 0 aliphatic rings. The van der Waals surface area contributed by atoms with E-state index in [0.717, 1.165) is 0 Å². The van der Waals surface area contributed by atoms with Crippen molar-refractivity contribution in [1.82, 2.24) is 0 Å². The lowest BCUT2D eigenvalue weighted by atomic mass is 10.8. The first-order chi connectivity index (χ1) is 2.81. The zero-order valence-corrected chi connectivity index (χ0v) is 6.88. The minimum Gasteiger partial charge on any atom is -0.469 e. The van der Waals surface area contributed by atoms with Crippen molar-refractivity contribution in [2.75, 3.05) is 13.3 Å². The average molecular weight is 187 g/mol. The molecule has 0 aromatic heterocycles. The molecule has 0 rings (SSSR count). The summed E-state index contributed by atoms with van der Waals surface area (Å²) in [6.45, 7) is 0. The Bertz CT molecular complexity index is 50.9. The highest BCUT2D eigenvalue weighted by molar-refractivity contribution is 8.93. The standard InChI is InChI=1S/C3H7O2P.BrH/c1-5-3(4)2-6;/h2,6H2,1H3;1H. The van der Waals surface area contributed by atoms with Gasteiger partial charge in [0.25, 0.3) is 0 Å². The number of carbonyl (C=O) groups excluding carboxylic acids is 1. The van der Waals surface area contributed by atoms with Crippen LogP contribution >= 0.6 is 26.2 Å². The predicted molar refractivity (Wildman–Crippen MR) is 36.9 cm³/mol. The van der Waals surface area contributed by atoms with E-state index >= 15 is 0 Å². The number of halogens is 1. The average Bonchev–Trinajstić information content (AvgIpc) is 1.65. The van der Waals surface area contributed by atoms with Gasteiger partial charge in [0.05, 0.1) is 13.3 Å². The molecule has 0 radical (unpaired) electrons. The Labute approximate surface area is 55.6 Å². The fraction of sp³-hybridized carbons (Fsp3) is 0.667. The molecule has 0 aliphatic carbocycles. The van der Waals surface area contributed by atoms with E-state index in [-0.39, 0.29) is 23.0 Å². The van der Waals surface area contributed by atoms with Gasteiger partial charge in [-0.15, -0.1) is 26.2 Å². The van der Waals surface area contributed by atoms with Gasteiger partial charge in [0.15, 0.2) is 0 Å². The number of esters is 1. The molecule has 2 nitrogen and oxygen atoms in total. The molecule has 0 saturated heterocycles. The van der Waals surface area contributed by atoms with Gasteiger partial charge in [0.2, 0.25) is 0 Å². The maximum absolute atomic E-state index is 9.94. The molecule has 1 atom stereocenters. The van der Waals surface area contributed by atoms with E-state index in [1.54, 1.807) is 0 Å². The molecule has 0 fully saturated rings. The van der Waals surface area contributed by atoms with Crippen LogP contribution < -0.4 is 0 Å². The number of ether oxygens (including phenoxy) is 1. The molecule has 0 aromatic rings. The van der Waals surface area contributed by atoms with Crippen LogP contribution in [0.25, 0.3) is 0 Å². The van der Waals surface area contributed by atoms with Crippen LogP contribution in [0, 0.1) is 0 Å². The lowest BCUT2D eigenvalue weighted by Gasteiger charge is -1.87. The molecule has 0 bridgehead atoms. The summed E-state index contributed by atoms with van der Waals surface area (Å²) in [6, 6.07) is 0. The molecule has 4 heteroatoms. The summed E-state index contributed by atoms with van der Waals surface area (Å²) in [4.78, 5) is 9.94. The lowest BCUT2D eigenvalue weighted by molar-refractivity contribution is -0.137. The van der Waals surface area contributed by atoms with Crippen molar-refractivity contribution in [2.45, 2.75) is 0 Å². The van der Waals surface area contributed by atoms with Gasteiger partial charge in [-0.05, 0) is 0 Å². The molecule has 0 aliphatic heterocycles. The molecule has 7 heavy (non-hydrogen) atoms. The molecule has 1 unspecified atom stereocenters. The van der Waals surface area contributed by atoms with Crippen LogP contribution in [0.15, 0.2) is 0 Å². The van der Waals surface area contributed by atoms with E-state index in [0.29, 0.717) is 6.16 Å². The zero-order valence-electron chi connectivity index (χ0n) is 4.01. The Hall–Kier alpha value is 0.380. The van der Waals surface area contributed by atoms with E-state index in [2.05, 4.69) is 14.0 Å². The summed E-state index contributed by atoms with van der Waals surface area (Å²) in [6.07, 6.45) is 0.385. The van der Waals surface area contributed by atoms with Crippen molar-refractivity contribution in [1.29, 1.82) is 0 Å². The van der Waals surface area contributed by atoms with Crippen molar-refractivity contribution in [3.63, 3.8) is 0 Å². The zero-order chi connectivity index (χ0) is 4.99. The van der Waals surface area contributed by atoms with Gasteiger partial charge in [-0.3, -0.25) is 4.79 Å². The maximum atomic E-state index is 9.94. The van der Waals surface area contributed by atoms with Gasteiger partial charge in [-0.2, -0.15) is 0 Å². The first kappa shape index (κ1) is 10.4. The smallest absolute Gasteiger partial charge is 0.309 e. The second-order valence-electron chi connectivity index (χ2n) is 0.780. The summed E-state index contributed by atoms with van der Waals surface area (Å²) < 4.78 is 4.24. The van der Waals surface area contributed by atoms with Crippen LogP contribution in [-0.4, -0.2) is 19.2 Å². The fourth-order valence-corrected chi connectivity index (χ4v) is 0.250. The molecule has 0 saturated carbocycles. The number of methoxy groups -OCH3 is 1. The quantitative estimate of drug-likeness (QED) is 0.444. The monoisotopic (exact) mass is 186 g/mol. The van der Waals surface area contributed by atoms with Gasteiger partial charge in [0, 0.05) is 0 Å². The molecular weight excluding hydrogens is 179 g/mol. The molecule has 0 aromatic carbocycles. The Kier molecular flexibility index (Phi) is 9.46. The van der Waals surface area contributed by atoms with Gasteiger partial charge < -0.3 is 4.74 Å². The topological polar surface area (TPSA) is 26.3 Å². The van der Waals surface area contributed by atoms with Crippen LogP contribution in [0.4, 0.5) is 0 Å². The number of hydrogen-bond acceptors (Lipinski definition) is 2. The summed E-state index contributed by atoms with van der Waals surface area (Å²) in [7, 11) is 3.63. The van der Waals surface area contributed by atoms with Gasteiger partial charge in [-0.25, -0.2) is 0 Å². The van der Waals surface area contributed by atoms with E-state index in [1.807, 2.05) is 0 Å². The molecule has 0 amide bonds. The molecule has 0 spiro atoms. The number of hydrogen-bond donors (Lipinski definition) is 0. The Morgan fingerprint density at radius 3 is 2.29 bits per heavy atom. The van der Waals surface area contributed by atoms with Crippen molar-refractivity contribution in [3.8, 4) is 0 Å². The highest BCUT2D eigenvalue weighted by atomic mass is 79.9. The molecule has 0 N–H and O–H groups in total. The van der Waals surface area contributed by atoms with E-state index < -0.39 is 0 Å². The summed E-state index contributed by atoms with van der Waals surface area (Å²) in [5.74, 6) is -0.194.